The van der Waals surface area contributed by atoms with Gasteiger partial charge in [-0.3, -0.25) is 4.79 Å². The van der Waals surface area contributed by atoms with E-state index in [1.54, 1.807) is 42.5 Å². The molecule has 2 N–H and O–H groups in total. The average Bonchev–Trinajstić information content (AvgIpc) is 3.02. The van der Waals surface area contributed by atoms with E-state index in [1.807, 2.05) is 0 Å². The molecule has 1 aliphatic rings. The lowest BCUT2D eigenvalue weighted by Gasteiger charge is -2.08. The van der Waals surface area contributed by atoms with Crippen molar-refractivity contribution < 1.29 is 19.4 Å². The molecule has 1 heterocycles. The van der Waals surface area contributed by atoms with Crippen molar-refractivity contribution in [3.63, 3.8) is 0 Å². The molecule has 0 aromatic heterocycles. The molecule has 0 fully saturated rings. The summed E-state index contributed by atoms with van der Waals surface area (Å²) in [5.74, 6) is 0.492. The number of carbonyl (C=O) groups is 1. The Bertz CT molecular complexity index is 749. The fraction of sp³-hybridized carbons (Fsp3) is 0.125. The van der Waals surface area contributed by atoms with E-state index in [1.165, 1.54) is 6.21 Å². The molecule has 118 valence electrons. The standard InChI is InChI=1S/C16H13ClN2O4/c17-12-7-14-13(22-9-23-14)6-11(12)8-18-19-16(21)15(20)10-4-2-1-3-5-10/h1-8,15,20H,9H2,(H,19,21)/t15-/m0/s1. The second-order valence-corrected chi connectivity index (χ2v) is 5.18. The van der Waals surface area contributed by atoms with Crippen LogP contribution in [0.1, 0.15) is 17.2 Å². The van der Waals surface area contributed by atoms with Crippen LogP contribution in [0, 0.1) is 0 Å². The van der Waals surface area contributed by atoms with Crippen molar-refractivity contribution in [2.75, 3.05) is 6.79 Å². The molecular formula is C16H13ClN2O4. The smallest absolute Gasteiger partial charge is 0.273 e. The van der Waals surface area contributed by atoms with Crippen molar-refractivity contribution in [2.45, 2.75) is 6.10 Å². The van der Waals surface area contributed by atoms with Crippen LogP contribution < -0.4 is 14.9 Å². The third-order valence-corrected chi connectivity index (χ3v) is 3.56. The van der Waals surface area contributed by atoms with E-state index in [-0.39, 0.29) is 6.79 Å². The molecule has 1 amide bonds. The number of hydrazone groups is 1. The van der Waals surface area contributed by atoms with E-state index in [2.05, 4.69) is 10.5 Å². The number of aliphatic hydroxyl groups is 1. The highest BCUT2D eigenvalue weighted by atomic mass is 35.5. The number of carbonyl (C=O) groups excluding carboxylic acids is 1. The second kappa shape index (κ2) is 6.68. The van der Waals surface area contributed by atoms with E-state index < -0.39 is 12.0 Å². The van der Waals surface area contributed by atoms with Crippen LogP contribution in [0.5, 0.6) is 11.5 Å². The van der Waals surface area contributed by atoms with E-state index in [4.69, 9.17) is 21.1 Å². The van der Waals surface area contributed by atoms with Crippen LogP contribution in [0.4, 0.5) is 0 Å². The Morgan fingerprint density at radius 3 is 2.70 bits per heavy atom. The molecule has 3 rings (SSSR count). The third kappa shape index (κ3) is 3.44. The first-order valence-corrected chi connectivity index (χ1v) is 7.18. The van der Waals surface area contributed by atoms with Gasteiger partial charge in [-0.15, -0.1) is 0 Å². The number of hydrogen-bond donors (Lipinski definition) is 2. The highest BCUT2D eigenvalue weighted by Gasteiger charge is 2.17. The molecule has 0 spiro atoms. The number of nitrogens with one attached hydrogen (secondary N) is 1. The van der Waals surface area contributed by atoms with Crippen LogP contribution in [0.15, 0.2) is 47.6 Å². The first kappa shape index (κ1) is 15.3. The van der Waals surface area contributed by atoms with Gasteiger partial charge in [0.2, 0.25) is 6.79 Å². The Balaban J connectivity index is 1.66. The Morgan fingerprint density at radius 2 is 1.96 bits per heavy atom. The molecule has 0 saturated carbocycles. The summed E-state index contributed by atoms with van der Waals surface area (Å²) in [6.45, 7) is 0.145. The van der Waals surface area contributed by atoms with E-state index in [0.29, 0.717) is 27.6 Å². The van der Waals surface area contributed by atoms with Crippen molar-refractivity contribution in [3.8, 4) is 11.5 Å². The lowest BCUT2D eigenvalue weighted by atomic mass is 10.1. The number of ether oxygens (including phenoxy) is 2. The predicted octanol–water partition coefficient (Wildman–Crippen LogP) is 2.25. The third-order valence-electron chi connectivity index (χ3n) is 3.23. The predicted molar refractivity (Wildman–Crippen MR) is 84.7 cm³/mol. The molecule has 6 nitrogen and oxygen atoms in total. The number of nitrogens with zero attached hydrogens (tertiary/aromatic N) is 1. The summed E-state index contributed by atoms with van der Waals surface area (Å²) in [5, 5.41) is 14.1. The molecular weight excluding hydrogens is 320 g/mol. The minimum absolute atomic E-state index is 0.145. The molecule has 0 unspecified atom stereocenters. The molecule has 2 aromatic rings. The highest BCUT2D eigenvalue weighted by Crippen LogP contribution is 2.36. The van der Waals surface area contributed by atoms with Gasteiger partial charge in [0.1, 0.15) is 0 Å². The van der Waals surface area contributed by atoms with Crippen molar-refractivity contribution >= 4 is 23.7 Å². The minimum atomic E-state index is -1.29. The van der Waals surface area contributed by atoms with Gasteiger partial charge >= 0.3 is 0 Å². The largest absolute Gasteiger partial charge is 0.454 e. The average molecular weight is 333 g/mol. The number of benzene rings is 2. The molecule has 0 bridgehead atoms. The van der Waals surface area contributed by atoms with Gasteiger partial charge in [0, 0.05) is 11.6 Å². The van der Waals surface area contributed by atoms with Gasteiger partial charge in [-0.1, -0.05) is 41.9 Å². The Labute approximate surface area is 137 Å². The number of rotatable bonds is 4. The molecule has 23 heavy (non-hydrogen) atoms. The van der Waals surface area contributed by atoms with Crippen molar-refractivity contribution in [2.24, 2.45) is 5.10 Å². The first-order valence-electron chi connectivity index (χ1n) is 6.80. The minimum Gasteiger partial charge on any atom is -0.454 e. The first-order chi connectivity index (χ1) is 11.1. The number of halogens is 1. The fourth-order valence-electron chi connectivity index (χ4n) is 2.05. The molecule has 2 aromatic carbocycles. The summed E-state index contributed by atoms with van der Waals surface area (Å²) in [5.41, 5.74) is 3.32. The van der Waals surface area contributed by atoms with Crippen molar-refractivity contribution in [1.29, 1.82) is 0 Å². The Hall–Kier alpha value is -2.57. The van der Waals surface area contributed by atoms with Crippen LogP contribution in [-0.4, -0.2) is 24.0 Å². The lowest BCUT2D eigenvalue weighted by molar-refractivity contribution is -0.129. The van der Waals surface area contributed by atoms with Gasteiger partial charge < -0.3 is 14.6 Å². The summed E-state index contributed by atoms with van der Waals surface area (Å²) in [6, 6.07) is 11.9. The SMILES string of the molecule is O=C(NN=Cc1cc2c(cc1Cl)OCO2)[C@@H](O)c1ccccc1. The van der Waals surface area contributed by atoms with Crippen LogP contribution >= 0.6 is 11.6 Å². The molecule has 0 radical (unpaired) electrons. The molecule has 1 aliphatic heterocycles. The number of aliphatic hydroxyl groups excluding tert-OH is 1. The van der Waals surface area contributed by atoms with Gasteiger partial charge in [0.05, 0.1) is 11.2 Å². The van der Waals surface area contributed by atoms with Crippen LogP contribution in [0.25, 0.3) is 0 Å². The summed E-state index contributed by atoms with van der Waals surface area (Å²) in [4.78, 5) is 11.9. The van der Waals surface area contributed by atoms with E-state index in [9.17, 15) is 9.90 Å². The summed E-state index contributed by atoms with van der Waals surface area (Å²) in [6.07, 6.45) is 0.0838. The maximum Gasteiger partial charge on any atom is 0.273 e. The van der Waals surface area contributed by atoms with Crippen LogP contribution in [0.3, 0.4) is 0 Å². The summed E-state index contributed by atoms with van der Waals surface area (Å²) < 4.78 is 10.5. The van der Waals surface area contributed by atoms with Crippen molar-refractivity contribution in [1.82, 2.24) is 5.43 Å². The maximum atomic E-state index is 11.9. The monoisotopic (exact) mass is 332 g/mol. The fourth-order valence-corrected chi connectivity index (χ4v) is 2.25. The molecule has 1 atom stereocenters. The summed E-state index contributed by atoms with van der Waals surface area (Å²) in [7, 11) is 0. The van der Waals surface area contributed by atoms with E-state index in [0.717, 1.165) is 0 Å². The summed E-state index contributed by atoms with van der Waals surface area (Å²) >= 11 is 6.09. The number of fused-ring (bicyclic) bond motifs is 1. The van der Waals surface area contributed by atoms with Crippen LogP contribution in [0.2, 0.25) is 5.02 Å². The number of hydrogen-bond acceptors (Lipinski definition) is 5. The zero-order chi connectivity index (χ0) is 16.2. The van der Waals surface area contributed by atoms with Gasteiger partial charge in [0.25, 0.3) is 5.91 Å². The van der Waals surface area contributed by atoms with Crippen molar-refractivity contribution in [3.05, 3.63) is 58.6 Å². The number of amides is 1. The zero-order valence-corrected chi connectivity index (χ0v) is 12.7. The van der Waals surface area contributed by atoms with Crippen LogP contribution in [-0.2, 0) is 4.79 Å². The van der Waals surface area contributed by atoms with Gasteiger partial charge in [0.15, 0.2) is 17.6 Å². The molecule has 0 saturated heterocycles. The van der Waals surface area contributed by atoms with E-state index >= 15 is 0 Å². The maximum absolute atomic E-state index is 11.9. The van der Waals surface area contributed by atoms with Gasteiger partial charge in [-0.25, -0.2) is 5.43 Å². The zero-order valence-electron chi connectivity index (χ0n) is 11.9. The molecule has 0 aliphatic carbocycles. The molecule has 7 heteroatoms. The van der Waals surface area contributed by atoms with Gasteiger partial charge in [-0.2, -0.15) is 5.10 Å². The quantitative estimate of drug-likeness (QED) is 0.665. The lowest BCUT2D eigenvalue weighted by Crippen LogP contribution is -2.25. The second-order valence-electron chi connectivity index (χ2n) is 4.77. The topological polar surface area (TPSA) is 80.2 Å². The van der Waals surface area contributed by atoms with Gasteiger partial charge in [-0.05, 0) is 11.6 Å². The highest BCUT2D eigenvalue weighted by molar-refractivity contribution is 6.33. The Morgan fingerprint density at radius 1 is 1.26 bits per heavy atom. The normalized spacial score (nSPS) is 14.0. The Kier molecular flexibility index (Phi) is 4.45.